The molecule has 0 heterocycles. The van der Waals surface area contributed by atoms with E-state index < -0.39 is 6.17 Å². The molecule has 0 aromatic heterocycles. The number of rotatable bonds is 5. The number of benzene rings is 1. The number of hydrogen-bond acceptors (Lipinski definition) is 1. The maximum Gasteiger partial charge on any atom is 0.145 e. The zero-order valence-electron chi connectivity index (χ0n) is 8.25. The first kappa shape index (κ1) is 11.9. The molecule has 0 aliphatic rings. The van der Waals surface area contributed by atoms with Crippen LogP contribution >= 0.6 is 11.6 Å². The Morgan fingerprint density at radius 2 is 2.33 bits per heavy atom. The third-order valence-corrected chi connectivity index (χ3v) is 2.33. The Bertz CT molecular complexity index is 362. The highest BCUT2D eigenvalue weighted by Crippen LogP contribution is 2.25. The van der Waals surface area contributed by atoms with Crippen LogP contribution in [0.2, 0.25) is 5.02 Å². The molecule has 1 nitrogen and oxygen atoms in total. The van der Waals surface area contributed by atoms with Crippen LogP contribution in [0.15, 0.2) is 36.4 Å². The largest absolute Gasteiger partial charge is 0.298 e. The van der Waals surface area contributed by atoms with Gasteiger partial charge < -0.3 is 0 Å². The van der Waals surface area contributed by atoms with Gasteiger partial charge in [0.15, 0.2) is 0 Å². The van der Waals surface area contributed by atoms with E-state index >= 15 is 0 Å². The van der Waals surface area contributed by atoms with E-state index in [0.29, 0.717) is 28.9 Å². The van der Waals surface area contributed by atoms with E-state index in [1.165, 1.54) is 0 Å². The summed E-state index contributed by atoms with van der Waals surface area (Å²) in [7, 11) is 0. The number of carbonyl (C=O) groups excluding carboxylic acids is 1. The minimum atomic E-state index is -1.10. The van der Waals surface area contributed by atoms with Gasteiger partial charge in [-0.15, -0.1) is 0 Å². The van der Waals surface area contributed by atoms with Crippen molar-refractivity contribution >= 4 is 17.9 Å². The van der Waals surface area contributed by atoms with Crippen molar-refractivity contribution in [1.82, 2.24) is 0 Å². The smallest absolute Gasteiger partial charge is 0.145 e. The summed E-state index contributed by atoms with van der Waals surface area (Å²) in [6.45, 7) is 3.50. The van der Waals surface area contributed by atoms with Gasteiger partial charge in [-0.3, -0.25) is 4.79 Å². The van der Waals surface area contributed by atoms with Crippen molar-refractivity contribution in [3.63, 3.8) is 0 Å². The lowest BCUT2D eigenvalue weighted by Gasteiger charge is -2.08. The first-order valence-corrected chi connectivity index (χ1v) is 5.03. The topological polar surface area (TPSA) is 17.1 Å². The van der Waals surface area contributed by atoms with Gasteiger partial charge in [-0.1, -0.05) is 30.3 Å². The fourth-order valence-corrected chi connectivity index (χ4v) is 1.44. The number of hydrogen-bond donors (Lipinski definition) is 0. The molecule has 0 aliphatic carbocycles. The zero-order chi connectivity index (χ0) is 11.3. The van der Waals surface area contributed by atoms with Crippen molar-refractivity contribution < 1.29 is 9.18 Å². The third kappa shape index (κ3) is 3.84. The van der Waals surface area contributed by atoms with Crippen molar-refractivity contribution in [2.24, 2.45) is 0 Å². The lowest BCUT2D eigenvalue weighted by molar-refractivity contribution is -0.105. The first-order chi connectivity index (χ1) is 7.13. The second kappa shape index (κ2) is 5.66. The molecule has 0 bridgehead atoms. The van der Waals surface area contributed by atoms with E-state index in [0.717, 1.165) is 0 Å². The third-order valence-electron chi connectivity index (χ3n) is 2.10. The van der Waals surface area contributed by atoms with Crippen LogP contribution in [-0.4, -0.2) is 6.29 Å². The molecule has 1 aromatic carbocycles. The van der Waals surface area contributed by atoms with Gasteiger partial charge in [-0.2, -0.15) is 0 Å². The van der Waals surface area contributed by atoms with Gasteiger partial charge in [0.25, 0.3) is 0 Å². The number of carbonyl (C=O) groups is 1. The van der Waals surface area contributed by atoms with E-state index in [-0.39, 0.29) is 6.42 Å². The Balaban J connectivity index is 2.57. The van der Waals surface area contributed by atoms with Crippen molar-refractivity contribution in [3.8, 4) is 0 Å². The molecule has 0 saturated heterocycles. The van der Waals surface area contributed by atoms with Crippen LogP contribution in [0.4, 0.5) is 4.39 Å². The minimum Gasteiger partial charge on any atom is -0.298 e. The van der Waals surface area contributed by atoms with Crippen LogP contribution < -0.4 is 0 Å². The molecule has 0 saturated carbocycles. The Morgan fingerprint density at radius 1 is 1.60 bits per heavy atom. The molecule has 1 aromatic rings. The van der Waals surface area contributed by atoms with E-state index in [4.69, 9.17) is 11.6 Å². The van der Waals surface area contributed by atoms with E-state index in [1.54, 1.807) is 24.3 Å². The Labute approximate surface area is 93.6 Å². The summed E-state index contributed by atoms with van der Waals surface area (Å²) in [5.74, 6) is 0. The molecular weight excluding hydrogens is 215 g/mol. The second-order valence-electron chi connectivity index (χ2n) is 3.34. The highest BCUT2D eigenvalue weighted by atomic mass is 35.5. The van der Waals surface area contributed by atoms with Gasteiger partial charge in [-0.25, -0.2) is 4.39 Å². The van der Waals surface area contributed by atoms with E-state index in [2.05, 4.69) is 6.58 Å². The summed E-state index contributed by atoms with van der Waals surface area (Å²) in [6, 6.07) is 6.68. The Morgan fingerprint density at radius 3 is 2.93 bits per heavy atom. The predicted octanol–water partition coefficient (Wildman–Crippen LogP) is 3.89. The summed E-state index contributed by atoms with van der Waals surface area (Å²) in [4.78, 5) is 10.3. The average molecular weight is 227 g/mol. The molecule has 0 radical (unpaired) electrons. The number of alkyl halides is 1. The summed E-state index contributed by atoms with van der Waals surface area (Å²) in [6.07, 6.45) is 0.195. The minimum absolute atomic E-state index is 0.262. The quantitative estimate of drug-likeness (QED) is 0.550. The first-order valence-electron chi connectivity index (χ1n) is 4.66. The van der Waals surface area contributed by atoms with E-state index in [9.17, 15) is 9.18 Å². The summed E-state index contributed by atoms with van der Waals surface area (Å²) in [5, 5.41) is 0.518. The SMILES string of the molecule is C=C(C=O)CCC(F)c1cccc(Cl)c1. The molecule has 1 unspecified atom stereocenters. The maximum atomic E-state index is 13.6. The Kier molecular flexibility index (Phi) is 4.50. The Hall–Kier alpha value is -1.15. The van der Waals surface area contributed by atoms with Gasteiger partial charge in [0, 0.05) is 5.02 Å². The molecule has 0 amide bonds. The predicted molar refractivity (Wildman–Crippen MR) is 59.7 cm³/mol. The normalized spacial score (nSPS) is 12.1. The molecule has 0 N–H and O–H groups in total. The van der Waals surface area contributed by atoms with Crippen molar-refractivity contribution in [2.45, 2.75) is 19.0 Å². The molecule has 0 aliphatic heterocycles. The summed E-state index contributed by atoms with van der Waals surface area (Å²) in [5.41, 5.74) is 0.959. The van der Waals surface area contributed by atoms with Crippen LogP contribution in [0.5, 0.6) is 0 Å². The highest BCUT2D eigenvalue weighted by Gasteiger charge is 2.10. The van der Waals surface area contributed by atoms with Crippen LogP contribution in [0, 0.1) is 0 Å². The highest BCUT2D eigenvalue weighted by molar-refractivity contribution is 6.30. The zero-order valence-corrected chi connectivity index (χ0v) is 9.01. The van der Waals surface area contributed by atoms with E-state index in [1.807, 2.05) is 0 Å². The number of aldehydes is 1. The maximum absolute atomic E-state index is 13.6. The lowest BCUT2D eigenvalue weighted by atomic mass is 10.0. The van der Waals surface area contributed by atoms with Crippen molar-refractivity contribution in [3.05, 3.63) is 47.0 Å². The second-order valence-corrected chi connectivity index (χ2v) is 3.77. The van der Waals surface area contributed by atoms with Crippen LogP contribution in [0.1, 0.15) is 24.6 Å². The van der Waals surface area contributed by atoms with Gasteiger partial charge in [0.2, 0.25) is 0 Å². The molecular formula is C12H12ClFO. The van der Waals surface area contributed by atoms with Crippen molar-refractivity contribution in [2.75, 3.05) is 0 Å². The van der Waals surface area contributed by atoms with Crippen LogP contribution in [0.3, 0.4) is 0 Å². The van der Waals surface area contributed by atoms with Gasteiger partial charge in [0.1, 0.15) is 12.5 Å². The standard InChI is InChI=1S/C12H12ClFO/c1-9(8-15)5-6-12(14)10-3-2-4-11(13)7-10/h2-4,7-8,12H,1,5-6H2. The van der Waals surface area contributed by atoms with Crippen LogP contribution in [0.25, 0.3) is 0 Å². The van der Waals surface area contributed by atoms with Gasteiger partial charge in [0.05, 0.1) is 0 Å². The molecule has 0 spiro atoms. The molecule has 0 fully saturated rings. The molecule has 15 heavy (non-hydrogen) atoms. The van der Waals surface area contributed by atoms with Gasteiger partial charge >= 0.3 is 0 Å². The number of halogens is 2. The lowest BCUT2D eigenvalue weighted by Crippen LogP contribution is -1.93. The fourth-order valence-electron chi connectivity index (χ4n) is 1.24. The molecule has 1 atom stereocenters. The fraction of sp³-hybridized carbons (Fsp3) is 0.250. The molecule has 1 rings (SSSR count). The van der Waals surface area contributed by atoms with Crippen LogP contribution in [-0.2, 0) is 4.79 Å². The van der Waals surface area contributed by atoms with Gasteiger partial charge in [-0.05, 0) is 36.1 Å². The number of allylic oxidation sites excluding steroid dienone is 1. The molecule has 80 valence electrons. The summed E-state index contributed by atoms with van der Waals surface area (Å²) >= 11 is 5.74. The van der Waals surface area contributed by atoms with Crippen molar-refractivity contribution in [1.29, 1.82) is 0 Å². The molecule has 3 heteroatoms. The monoisotopic (exact) mass is 226 g/mol. The average Bonchev–Trinajstić information content (AvgIpc) is 2.25. The summed E-state index contributed by atoms with van der Waals surface area (Å²) < 4.78 is 13.6.